The minimum Gasteiger partial charge on any atom is -0.0622 e. The molecule has 0 saturated carbocycles. The molecule has 0 heterocycles. The van der Waals surface area contributed by atoms with E-state index >= 15 is 0 Å². The van der Waals surface area contributed by atoms with Gasteiger partial charge in [-0.2, -0.15) is 0 Å². The number of aryl methyl sites for hydroxylation is 15. The van der Waals surface area contributed by atoms with Gasteiger partial charge < -0.3 is 0 Å². The zero-order valence-corrected chi connectivity index (χ0v) is 51.1. The Kier molecular flexibility index (Phi) is 24.9. The van der Waals surface area contributed by atoms with Crippen molar-refractivity contribution in [3.05, 3.63) is 332 Å². The second-order valence-corrected chi connectivity index (χ2v) is 21.7. The van der Waals surface area contributed by atoms with Gasteiger partial charge in [0, 0.05) is 0 Å². The number of hydrogen-bond acceptors (Lipinski definition) is 0. The Morgan fingerprint density at radius 1 is 0.150 bits per heavy atom. The van der Waals surface area contributed by atoms with Gasteiger partial charge in [0.25, 0.3) is 0 Å². The van der Waals surface area contributed by atoms with Gasteiger partial charge in [-0.3, -0.25) is 0 Å². The number of hydrogen-bond donors (Lipinski definition) is 0. The van der Waals surface area contributed by atoms with Gasteiger partial charge in [-0.1, -0.05) is 293 Å². The summed E-state index contributed by atoms with van der Waals surface area (Å²) in [5, 5.41) is 10.8. The lowest BCUT2D eigenvalue weighted by Crippen LogP contribution is -1.86. The molecule has 0 radical (unpaired) electrons. The molecule has 0 nitrogen and oxygen atoms in total. The monoisotopic (exact) mass is 1050 g/mol. The average Bonchev–Trinajstić information content (AvgIpc) is 3.43. The van der Waals surface area contributed by atoms with Crippen LogP contribution in [-0.4, -0.2) is 0 Å². The molecule has 12 aromatic rings. The highest BCUT2D eigenvalue weighted by Crippen LogP contribution is 2.22. The van der Waals surface area contributed by atoms with Crippen LogP contribution in [0.5, 0.6) is 0 Å². The Bertz CT molecular complexity index is 3670. The molecular weight excluding hydrogens is 961 g/mol. The van der Waals surface area contributed by atoms with Gasteiger partial charge in [-0.05, 0) is 193 Å². The molecule has 0 amide bonds. The molecular formula is C80H88. The van der Waals surface area contributed by atoms with Gasteiger partial charge in [0.2, 0.25) is 0 Å². The van der Waals surface area contributed by atoms with Gasteiger partial charge in [0.05, 0.1) is 0 Å². The van der Waals surface area contributed by atoms with Gasteiger partial charge in [0.15, 0.2) is 0 Å². The van der Waals surface area contributed by atoms with E-state index in [4.69, 9.17) is 0 Å². The van der Waals surface area contributed by atoms with Crippen LogP contribution < -0.4 is 0 Å². The highest BCUT2D eigenvalue weighted by atomic mass is 14.0. The van der Waals surface area contributed by atoms with Crippen LogP contribution in [0.3, 0.4) is 0 Å². The maximum atomic E-state index is 2.22. The zero-order valence-electron chi connectivity index (χ0n) is 51.1. The van der Waals surface area contributed by atoms with Crippen molar-refractivity contribution in [2.24, 2.45) is 0 Å². The third-order valence-corrected chi connectivity index (χ3v) is 14.1. The molecule has 12 rings (SSSR count). The fourth-order valence-electron chi connectivity index (χ4n) is 9.61. The van der Waals surface area contributed by atoms with E-state index < -0.39 is 0 Å². The average molecular weight is 1050 g/mol. The first-order valence-corrected chi connectivity index (χ1v) is 28.2. The lowest BCUT2D eigenvalue weighted by atomic mass is 10.0. The molecule has 0 unspecified atom stereocenters. The van der Waals surface area contributed by atoms with E-state index in [0.717, 1.165) is 0 Å². The van der Waals surface area contributed by atoms with Crippen molar-refractivity contribution < 1.29 is 0 Å². The SMILES string of the molecule is Cc1cc(C)c(C)c(C)c1.Cc1cc(C)c2ccccc2c1.Cc1cc(C)cc(C)c1.Cc1ccc(C)c2ccccc12.Cc1ccc(C)cc1.Cc1ccc2ccccc2c1.Cc1cccc2ccccc12.Cc1ccccc1. The highest BCUT2D eigenvalue weighted by Gasteiger charge is 1.99. The zero-order chi connectivity index (χ0) is 58.1. The summed E-state index contributed by atoms with van der Waals surface area (Å²) in [7, 11) is 0. The fraction of sp³-hybridized carbons (Fsp3) is 0.200. The molecule has 0 N–H and O–H groups in total. The molecule has 0 heteroatoms. The molecule has 12 aromatic carbocycles. The van der Waals surface area contributed by atoms with Crippen LogP contribution in [-0.2, 0) is 0 Å². The lowest BCUT2D eigenvalue weighted by molar-refractivity contribution is 1.23. The van der Waals surface area contributed by atoms with Gasteiger partial charge in [-0.15, -0.1) is 0 Å². The summed E-state index contributed by atoms with van der Waals surface area (Å²) in [6, 6.07) is 85.3. The Morgan fingerprint density at radius 2 is 0.475 bits per heavy atom. The van der Waals surface area contributed by atoms with Crippen LogP contribution in [0.4, 0.5) is 0 Å². The third-order valence-electron chi connectivity index (χ3n) is 14.1. The van der Waals surface area contributed by atoms with Crippen molar-refractivity contribution in [1.82, 2.24) is 0 Å². The number of fused-ring (bicyclic) bond motifs is 4. The fourth-order valence-corrected chi connectivity index (χ4v) is 9.61. The maximum Gasteiger partial charge on any atom is -0.0152 e. The molecule has 0 aliphatic rings. The molecule has 0 saturated heterocycles. The summed E-state index contributed by atoms with van der Waals surface area (Å²) in [5.41, 5.74) is 21.7. The van der Waals surface area contributed by atoms with E-state index in [9.17, 15) is 0 Å². The third kappa shape index (κ3) is 20.8. The predicted molar refractivity (Wildman–Crippen MR) is 357 cm³/mol. The smallest absolute Gasteiger partial charge is 0.0152 e. The molecule has 0 fully saturated rings. The standard InChI is InChI=1S/2C12H12.2C11H10.C10H14.C9H12.C8H10.C7H8/c1-9-7-10(2)12-6-4-3-5-11(12)8-9;1-9-7-8-10(2)12-6-4-3-5-11(9)12;1-9-5-4-7-10-6-2-3-8-11(9)10;1-9-6-7-10-4-2-3-5-11(10)8-9;1-7-5-8(2)10(4)9(3)6-7;1-7-4-8(2)6-9(3)5-7;1-7-3-5-8(2)6-4-7;1-7-5-3-2-4-6-7/h2*3-8H,1-2H3;2*2-8H,1H3;5-6H,1-4H3;4-6H,1-3H3;3-6H,1-2H3;2-6H,1H3. The summed E-state index contributed by atoms with van der Waals surface area (Å²) in [4.78, 5) is 0. The Morgan fingerprint density at radius 3 is 0.950 bits per heavy atom. The summed E-state index contributed by atoms with van der Waals surface area (Å²) in [6.07, 6.45) is 0. The molecule has 0 bridgehead atoms. The van der Waals surface area contributed by atoms with Gasteiger partial charge >= 0.3 is 0 Å². The van der Waals surface area contributed by atoms with Crippen molar-refractivity contribution in [3.63, 3.8) is 0 Å². The number of rotatable bonds is 0. The van der Waals surface area contributed by atoms with Crippen LogP contribution in [0.1, 0.15) is 89.0 Å². The van der Waals surface area contributed by atoms with E-state index in [1.165, 1.54) is 132 Å². The van der Waals surface area contributed by atoms with Crippen molar-refractivity contribution in [2.45, 2.75) is 111 Å². The van der Waals surface area contributed by atoms with E-state index in [1.54, 1.807) is 0 Å². The second kappa shape index (κ2) is 31.9. The largest absolute Gasteiger partial charge is 0.0622 e. The van der Waals surface area contributed by atoms with Crippen molar-refractivity contribution in [3.8, 4) is 0 Å². The Balaban J connectivity index is 0.000000169. The first kappa shape index (κ1) is 62.5. The maximum absolute atomic E-state index is 2.22. The van der Waals surface area contributed by atoms with Crippen LogP contribution in [0.25, 0.3) is 43.1 Å². The van der Waals surface area contributed by atoms with E-state index in [0.29, 0.717) is 0 Å². The van der Waals surface area contributed by atoms with Crippen molar-refractivity contribution >= 4 is 43.1 Å². The minimum atomic E-state index is 1.32. The lowest BCUT2D eigenvalue weighted by Gasteiger charge is -2.04. The van der Waals surface area contributed by atoms with Gasteiger partial charge in [-0.25, -0.2) is 0 Å². The molecule has 80 heavy (non-hydrogen) atoms. The number of benzene rings is 12. The first-order valence-electron chi connectivity index (χ1n) is 28.2. The van der Waals surface area contributed by atoms with E-state index in [2.05, 4.69) is 335 Å². The first-order chi connectivity index (χ1) is 38.3. The van der Waals surface area contributed by atoms with Crippen molar-refractivity contribution in [1.29, 1.82) is 0 Å². The normalized spacial score (nSPS) is 10.0. The molecule has 0 aliphatic heterocycles. The summed E-state index contributed by atoms with van der Waals surface area (Å²) in [5.74, 6) is 0. The molecule has 0 aromatic heterocycles. The Labute approximate surface area is 482 Å². The second-order valence-electron chi connectivity index (χ2n) is 21.7. The summed E-state index contributed by atoms with van der Waals surface area (Å²) < 4.78 is 0. The quantitative estimate of drug-likeness (QED) is 0.142. The van der Waals surface area contributed by atoms with Crippen LogP contribution in [0.15, 0.2) is 243 Å². The van der Waals surface area contributed by atoms with Crippen LogP contribution in [0.2, 0.25) is 0 Å². The summed E-state index contributed by atoms with van der Waals surface area (Å²) in [6.45, 7) is 34.2. The molecule has 0 spiro atoms. The highest BCUT2D eigenvalue weighted by molar-refractivity contribution is 5.89. The van der Waals surface area contributed by atoms with Crippen LogP contribution >= 0.6 is 0 Å². The summed E-state index contributed by atoms with van der Waals surface area (Å²) >= 11 is 0. The van der Waals surface area contributed by atoms with Gasteiger partial charge in [0.1, 0.15) is 0 Å². The molecule has 0 aliphatic carbocycles. The van der Waals surface area contributed by atoms with E-state index in [1.807, 2.05) is 18.2 Å². The topological polar surface area (TPSA) is 0 Å². The molecule has 408 valence electrons. The Hall–Kier alpha value is -8.32. The minimum absolute atomic E-state index is 1.32. The molecule has 0 atom stereocenters. The van der Waals surface area contributed by atoms with Crippen LogP contribution in [0, 0.1) is 111 Å². The predicted octanol–water partition coefficient (Wildman–Crippen LogP) is 23.0. The van der Waals surface area contributed by atoms with E-state index in [-0.39, 0.29) is 0 Å². The van der Waals surface area contributed by atoms with Crippen molar-refractivity contribution in [2.75, 3.05) is 0 Å².